The lowest BCUT2D eigenvalue weighted by molar-refractivity contribution is 0.0513. The Morgan fingerprint density at radius 1 is 1.03 bits per heavy atom. The molecule has 5 nitrogen and oxygen atoms in total. The first kappa shape index (κ1) is 21.3. The molecule has 1 saturated heterocycles. The molecule has 0 saturated carbocycles. The lowest BCUT2D eigenvalue weighted by Crippen LogP contribution is -2.48. The molecule has 1 heterocycles. The summed E-state index contributed by atoms with van der Waals surface area (Å²) in [5.74, 6) is 0.727. The fourth-order valence-corrected chi connectivity index (χ4v) is 3.84. The molecule has 2 aromatic rings. The van der Waals surface area contributed by atoms with E-state index in [1.165, 1.54) is 5.56 Å². The average Bonchev–Trinajstić information content (AvgIpc) is 2.77. The van der Waals surface area contributed by atoms with Gasteiger partial charge in [0.25, 0.3) is 0 Å². The molecule has 29 heavy (non-hydrogen) atoms. The Balaban J connectivity index is 1.73. The van der Waals surface area contributed by atoms with E-state index in [2.05, 4.69) is 46.0 Å². The number of ether oxygens (including phenoxy) is 1. The summed E-state index contributed by atoms with van der Waals surface area (Å²) in [5.41, 5.74) is 1.21. The van der Waals surface area contributed by atoms with Crippen molar-refractivity contribution < 1.29 is 9.84 Å². The number of benzene rings is 2. The molecule has 0 bridgehead atoms. The van der Waals surface area contributed by atoms with Gasteiger partial charge in [-0.15, -0.1) is 0 Å². The van der Waals surface area contributed by atoms with Gasteiger partial charge in [0.05, 0.1) is 6.54 Å². The van der Waals surface area contributed by atoms with Crippen LogP contribution in [0.5, 0.6) is 0 Å². The van der Waals surface area contributed by atoms with E-state index in [4.69, 9.17) is 4.74 Å². The van der Waals surface area contributed by atoms with Crippen LogP contribution in [0.25, 0.3) is 0 Å². The van der Waals surface area contributed by atoms with Crippen LogP contribution in [0.15, 0.2) is 65.7 Å². The van der Waals surface area contributed by atoms with E-state index in [1.54, 1.807) is 6.92 Å². The normalized spacial score (nSPS) is 18.7. The van der Waals surface area contributed by atoms with Crippen LogP contribution in [0.4, 0.5) is 0 Å². The van der Waals surface area contributed by atoms with Gasteiger partial charge in [-0.05, 0) is 37.8 Å². The molecule has 3 rings (SSSR count). The first-order valence-electron chi connectivity index (χ1n) is 10.5. The Bertz CT molecular complexity index is 769. The highest BCUT2D eigenvalue weighted by Gasteiger charge is 2.34. The summed E-state index contributed by atoms with van der Waals surface area (Å²) in [7, 11) is 0. The molecule has 0 aliphatic carbocycles. The molecule has 1 atom stereocenters. The number of aliphatic hydroxyl groups is 1. The van der Waals surface area contributed by atoms with Gasteiger partial charge in [-0.3, -0.25) is 0 Å². The minimum atomic E-state index is -1.01. The maximum atomic E-state index is 10.9. The summed E-state index contributed by atoms with van der Waals surface area (Å²) >= 11 is 0. The van der Waals surface area contributed by atoms with Gasteiger partial charge < -0.3 is 20.5 Å². The summed E-state index contributed by atoms with van der Waals surface area (Å²) in [6.07, 6.45) is 1.95. The summed E-state index contributed by atoms with van der Waals surface area (Å²) in [4.78, 5) is 4.68. The highest BCUT2D eigenvalue weighted by atomic mass is 16.5. The van der Waals surface area contributed by atoms with Gasteiger partial charge in [0.15, 0.2) is 5.96 Å². The fourth-order valence-electron chi connectivity index (χ4n) is 3.84. The third-order valence-corrected chi connectivity index (χ3v) is 5.72. The van der Waals surface area contributed by atoms with E-state index in [0.29, 0.717) is 0 Å². The van der Waals surface area contributed by atoms with Crippen molar-refractivity contribution >= 4 is 5.96 Å². The largest absolute Gasteiger partial charge is 0.384 e. The van der Waals surface area contributed by atoms with Crippen LogP contribution < -0.4 is 10.6 Å². The molecule has 1 aliphatic rings. The van der Waals surface area contributed by atoms with E-state index in [9.17, 15) is 5.11 Å². The van der Waals surface area contributed by atoms with E-state index in [0.717, 1.165) is 50.7 Å². The van der Waals surface area contributed by atoms with Crippen molar-refractivity contribution in [3.8, 4) is 0 Å². The smallest absolute Gasteiger partial charge is 0.191 e. The monoisotopic (exact) mass is 395 g/mol. The Hall–Kier alpha value is -2.37. The van der Waals surface area contributed by atoms with Crippen molar-refractivity contribution in [1.29, 1.82) is 0 Å². The lowest BCUT2D eigenvalue weighted by atomic mass is 9.74. The molecule has 156 valence electrons. The molecule has 2 aromatic carbocycles. The van der Waals surface area contributed by atoms with Gasteiger partial charge in [-0.1, -0.05) is 60.7 Å². The first-order chi connectivity index (χ1) is 14.1. The summed E-state index contributed by atoms with van der Waals surface area (Å²) in [6.45, 7) is 7.22. The second kappa shape index (κ2) is 9.90. The first-order valence-corrected chi connectivity index (χ1v) is 10.5. The van der Waals surface area contributed by atoms with E-state index >= 15 is 0 Å². The van der Waals surface area contributed by atoms with Crippen molar-refractivity contribution in [1.82, 2.24) is 10.6 Å². The van der Waals surface area contributed by atoms with E-state index in [-0.39, 0.29) is 12.0 Å². The fraction of sp³-hybridized carbons (Fsp3) is 0.458. The molecular formula is C24H33N3O2. The van der Waals surface area contributed by atoms with Crippen molar-refractivity contribution in [2.45, 2.75) is 37.7 Å². The van der Waals surface area contributed by atoms with Crippen molar-refractivity contribution in [3.05, 3.63) is 71.8 Å². The molecule has 3 N–H and O–H groups in total. The van der Waals surface area contributed by atoms with Crippen LogP contribution in [0.2, 0.25) is 0 Å². The highest BCUT2D eigenvalue weighted by Crippen LogP contribution is 2.34. The molecular weight excluding hydrogens is 362 g/mol. The van der Waals surface area contributed by atoms with Gasteiger partial charge in [-0.25, -0.2) is 4.99 Å². The van der Waals surface area contributed by atoms with E-state index in [1.807, 2.05) is 37.3 Å². The maximum Gasteiger partial charge on any atom is 0.191 e. The van der Waals surface area contributed by atoms with Gasteiger partial charge in [-0.2, -0.15) is 0 Å². The lowest BCUT2D eigenvalue weighted by Gasteiger charge is -2.38. The number of hydrogen-bond donors (Lipinski definition) is 3. The van der Waals surface area contributed by atoms with Crippen LogP contribution >= 0.6 is 0 Å². The Morgan fingerprint density at radius 2 is 1.66 bits per heavy atom. The van der Waals surface area contributed by atoms with Crippen LogP contribution in [0, 0.1) is 0 Å². The zero-order valence-corrected chi connectivity index (χ0v) is 17.5. The van der Waals surface area contributed by atoms with Gasteiger partial charge >= 0.3 is 0 Å². The number of rotatable bonds is 7. The highest BCUT2D eigenvalue weighted by molar-refractivity contribution is 5.80. The molecule has 0 spiro atoms. The van der Waals surface area contributed by atoms with Gasteiger partial charge in [0.2, 0.25) is 0 Å². The predicted molar refractivity (Wildman–Crippen MR) is 118 cm³/mol. The third-order valence-electron chi connectivity index (χ3n) is 5.72. The Morgan fingerprint density at radius 3 is 2.28 bits per heavy atom. The molecule has 1 fully saturated rings. The molecule has 1 unspecified atom stereocenters. The van der Waals surface area contributed by atoms with Crippen LogP contribution in [0.1, 0.15) is 37.8 Å². The van der Waals surface area contributed by atoms with Gasteiger partial charge in [0.1, 0.15) is 5.60 Å². The van der Waals surface area contributed by atoms with E-state index < -0.39 is 5.60 Å². The zero-order valence-electron chi connectivity index (χ0n) is 17.5. The van der Waals surface area contributed by atoms with Gasteiger partial charge in [0, 0.05) is 31.7 Å². The van der Waals surface area contributed by atoms with Crippen molar-refractivity contribution in [2.75, 3.05) is 32.8 Å². The Labute approximate surface area is 174 Å². The average molecular weight is 396 g/mol. The number of nitrogens with one attached hydrogen (secondary N) is 2. The standard InChI is InChI=1S/C24H33N3O2/c1-3-25-22(26-18-23(2,28)20-10-6-4-7-11-20)27-19-24(14-16-29-17-15-24)21-12-8-5-9-13-21/h4-13,28H,3,14-19H2,1-2H3,(H2,25,26,27). The summed E-state index contributed by atoms with van der Waals surface area (Å²) < 4.78 is 5.64. The van der Waals surface area contributed by atoms with Crippen molar-refractivity contribution in [2.24, 2.45) is 4.99 Å². The minimum absolute atomic E-state index is 0.0254. The topological polar surface area (TPSA) is 65.9 Å². The maximum absolute atomic E-state index is 10.9. The van der Waals surface area contributed by atoms with Crippen molar-refractivity contribution in [3.63, 3.8) is 0 Å². The number of nitrogens with zero attached hydrogens (tertiary/aromatic N) is 1. The second-order valence-electron chi connectivity index (χ2n) is 7.95. The van der Waals surface area contributed by atoms with Crippen LogP contribution in [-0.2, 0) is 15.8 Å². The molecule has 1 aliphatic heterocycles. The minimum Gasteiger partial charge on any atom is -0.384 e. The second-order valence-corrected chi connectivity index (χ2v) is 7.95. The van der Waals surface area contributed by atoms with Crippen LogP contribution in [-0.4, -0.2) is 43.9 Å². The van der Waals surface area contributed by atoms with Crippen LogP contribution in [0.3, 0.4) is 0 Å². The third kappa shape index (κ3) is 5.58. The quantitative estimate of drug-likeness (QED) is 0.498. The molecule has 5 heteroatoms. The summed E-state index contributed by atoms with van der Waals surface area (Å²) in [6, 6.07) is 20.4. The molecule has 0 aromatic heterocycles. The number of hydrogen-bond acceptors (Lipinski definition) is 3. The summed E-state index contributed by atoms with van der Waals surface area (Å²) in [5, 5.41) is 17.7. The number of aliphatic imine (C=N–C) groups is 1. The Kier molecular flexibility index (Phi) is 7.29. The SMILES string of the molecule is CCNC(=NCC(C)(O)c1ccccc1)NCC1(c2ccccc2)CCOCC1. The number of guanidine groups is 1. The molecule has 0 radical (unpaired) electrons. The zero-order chi connectivity index (χ0) is 20.6. The predicted octanol–water partition coefficient (Wildman–Crippen LogP) is 3.20. The molecule has 0 amide bonds.